The third kappa shape index (κ3) is 3.05. The molecule has 32 heavy (non-hydrogen) atoms. The van der Waals surface area contributed by atoms with Crippen LogP contribution >= 0.6 is 0 Å². The number of esters is 1. The Bertz CT molecular complexity index is 1280. The highest BCUT2D eigenvalue weighted by Crippen LogP contribution is 2.53. The molecule has 1 aliphatic carbocycles. The predicted octanol–water partition coefficient (Wildman–Crippen LogP) is 5.75. The maximum Gasteiger partial charge on any atom is 0.315 e. The molecule has 0 radical (unpaired) electrons. The van der Waals surface area contributed by atoms with Crippen molar-refractivity contribution in [2.75, 3.05) is 12.4 Å². The summed E-state index contributed by atoms with van der Waals surface area (Å²) in [5.74, 6) is -1.01. The van der Waals surface area contributed by atoms with Gasteiger partial charge in [0.25, 0.3) is 0 Å². The topological polar surface area (TPSA) is 55.4 Å². The number of methoxy groups -OCH3 is 1. The minimum absolute atomic E-state index is 0.0850. The average molecular weight is 426 g/mol. The van der Waals surface area contributed by atoms with Crippen molar-refractivity contribution in [2.24, 2.45) is 11.3 Å². The van der Waals surface area contributed by atoms with Gasteiger partial charge in [0, 0.05) is 29.3 Å². The number of ketones is 1. The van der Waals surface area contributed by atoms with E-state index in [1.165, 1.54) is 12.7 Å². The lowest BCUT2D eigenvalue weighted by Gasteiger charge is -2.44. The molecule has 0 fully saturated rings. The Morgan fingerprint density at radius 1 is 1.03 bits per heavy atom. The summed E-state index contributed by atoms with van der Waals surface area (Å²) in [5, 5.41) is 5.75. The van der Waals surface area contributed by atoms with Gasteiger partial charge >= 0.3 is 5.97 Å². The van der Waals surface area contributed by atoms with Gasteiger partial charge in [-0.2, -0.15) is 0 Å². The van der Waals surface area contributed by atoms with Gasteiger partial charge in [-0.05, 0) is 40.3 Å². The summed E-state index contributed by atoms with van der Waals surface area (Å²) in [7, 11) is 1.41. The first kappa shape index (κ1) is 20.5. The second-order valence-electron chi connectivity index (χ2n) is 9.59. The molecule has 0 bridgehead atoms. The molecule has 3 aromatic carbocycles. The number of rotatable bonds is 2. The normalized spacial score (nSPS) is 21.6. The Hall–Kier alpha value is -3.40. The summed E-state index contributed by atoms with van der Waals surface area (Å²) in [6.07, 6.45) is 0.301. The number of anilines is 1. The first-order valence-electron chi connectivity index (χ1n) is 11.0. The Morgan fingerprint density at radius 3 is 2.47 bits per heavy atom. The van der Waals surface area contributed by atoms with E-state index in [2.05, 4.69) is 60.8 Å². The highest BCUT2D eigenvalue weighted by atomic mass is 16.5. The van der Waals surface area contributed by atoms with Crippen molar-refractivity contribution >= 4 is 28.2 Å². The Labute approximate surface area is 188 Å². The lowest BCUT2D eigenvalue weighted by Crippen LogP contribution is -2.44. The number of aryl methyl sites for hydroxylation is 1. The van der Waals surface area contributed by atoms with Crippen LogP contribution in [0.3, 0.4) is 0 Å². The van der Waals surface area contributed by atoms with E-state index in [-0.39, 0.29) is 17.7 Å². The fourth-order valence-electron chi connectivity index (χ4n) is 5.42. The number of carbonyl (C=O) groups excluding carboxylic acids is 2. The maximum atomic E-state index is 13.6. The van der Waals surface area contributed by atoms with Gasteiger partial charge < -0.3 is 10.1 Å². The Balaban J connectivity index is 1.84. The molecule has 0 aromatic heterocycles. The zero-order valence-electron chi connectivity index (χ0n) is 18.9. The van der Waals surface area contributed by atoms with E-state index in [1.54, 1.807) is 0 Å². The van der Waals surface area contributed by atoms with E-state index in [4.69, 9.17) is 4.74 Å². The van der Waals surface area contributed by atoms with Crippen molar-refractivity contribution in [1.82, 2.24) is 0 Å². The lowest BCUT2D eigenvalue weighted by atomic mass is 9.63. The van der Waals surface area contributed by atoms with Gasteiger partial charge in [-0.15, -0.1) is 0 Å². The summed E-state index contributed by atoms with van der Waals surface area (Å²) in [4.78, 5) is 26.6. The monoisotopic (exact) mass is 425 g/mol. The van der Waals surface area contributed by atoms with Crippen LogP contribution in [0.1, 0.15) is 42.9 Å². The number of nitrogens with one attached hydrogen (secondary N) is 1. The Kier molecular flexibility index (Phi) is 4.70. The van der Waals surface area contributed by atoms with E-state index in [0.717, 1.165) is 27.6 Å². The number of hydrogen-bond donors (Lipinski definition) is 1. The van der Waals surface area contributed by atoms with Gasteiger partial charge in [0.1, 0.15) is 5.92 Å². The minimum atomic E-state index is -0.539. The zero-order chi connectivity index (χ0) is 22.6. The molecule has 4 nitrogen and oxygen atoms in total. The van der Waals surface area contributed by atoms with Crippen molar-refractivity contribution in [3.05, 3.63) is 88.6 Å². The molecule has 0 saturated heterocycles. The number of fused-ring (bicyclic) bond motifs is 3. The van der Waals surface area contributed by atoms with E-state index in [9.17, 15) is 9.59 Å². The molecule has 2 aliphatic rings. The fourth-order valence-corrected chi connectivity index (χ4v) is 5.42. The van der Waals surface area contributed by atoms with Gasteiger partial charge in [-0.1, -0.05) is 74.0 Å². The standard InChI is InChI=1S/C28H27NO3/c1-16-9-11-18(12-10-16)22-23-19-8-6-5-7-17(19)13-14-20(23)29-26-24(22)21(30)15-28(2,3)25(26)27(31)32-4/h5-14,22,25,29H,15H2,1-4H3/t22-,25+/m0/s1. The first-order valence-corrected chi connectivity index (χ1v) is 11.0. The number of hydrogen-bond acceptors (Lipinski definition) is 4. The second kappa shape index (κ2) is 7.33. The zero-order valence-corrected chi connectivity index (χ0v) is 18.9. The summed E-state index contributed by atoms with van der Waals surface area (Å²) in [5.41, 5.74) is 5.08. The summed E-state index contributed by atoms with van der Waals surface area (Å²) < 4.78 is 5.20. The van der Waals surface area contributed by atoms with Crippen LogP contribution < -0.4 is 5.32 Å². The fraction of sp³-hybridized carbons (Fsp3) is 0.286. The van der Waals surface area contributed by atoms with Crippen molar-refractivity contribution in [2.45, 2.75) is 33.1 Å². The van der Waals surface area contributed by atoms with E-state index < -0.39 is 11.3 Å². The molecule has 0 spiro atoms. The largest absolute Gasteiger partial charge is 0.468 e. The van der Waals surface area contributed by atoms with Crippen molar-refractivity contribution in [3.63, 3.8) is 0 Å². The number of allylic oxidation sites excluding steroid dienone is 1. The van der Waals surface area contributed by atoms with Gasteiger partial charge in [0.05, 0.1) is 7.11 Å². The molecule has 0 amide bonds. The molecular weight excluding hydrogens is 398 g/mol. The third-order valence-electron chi connectivity index (χ3n) is 6.94. The molecule has 5 rings (SSSR count). The average Bonchev–Trinajstić information content (AvgIpc) is 2.77. The predicted molar refractivity (Wildman–Crippen MR) is 127 cm³/mol. The van der Waals surface area contributed by atoms with Crippen LogP contribution in [0.25, 0.3) is 10.8 Å². The maximum absolute atomic E-state index is 13.6. The van der Waals surface area contributed by atoms with Crippen LogP contribution in [0.4, 0.5) is 5.69 Å². The van der Waals surface area contributed by atoms with Crippen LogP contribution in [0.5, 0.6) is 0 Å². The highest BCUT2D eigenvalue weighted by molar-refractivity contribution is 6.06. The molecule has 3 aromatic rings. The summed E-state index contributed by atoms with van der Waals surface area (Å²) in [6.45, 7) is 5.99. The van der Waals surface area contributed by atoms with Gasteiger partial charge in [-0.25, -0.2) is 0 Å². The van der Waals surface area contributed by atoms with Crippen LogP contribution in [0.2, 0.25) is 0 Å². The van der Waals surface area contributed by atoms with Crippen molar-refractivity contribution < 1.29 is 14.3 Å². The summed E-state index contributed by atoms with van der Waals surface area (Å²) >= 11 is 0. The molecule has 2 atom stereocenters. The van der Waals surface area contributed by atoms with Gasteiger partial charge in [0.2, 0.25) is 0 Å². The number of Topliss-reactive ketones (excluding diaryl/α,β-unsaturated/α-hetero) is 1. The van der Waals surface area contributed by atoms with Crippen LogP contribution in [-0.2, 0) is 14.3 Å². The highest BCUT2D eigenvalue weighted by Gasteiger charge is 2.50. The SMILES string of the molecule is COC(=O)[C@H]1C2=C(C(=O)CC1(C)C)[C@@H](c1ccc(C)cc1)c1c(ccc3ccccc13)N2. The molecule has 162 valence electrons. The molecule has 0 unspecified atom stereocenters. The molecule has 1 N–H and O–H groups in total. The van der Waals surface area contributed by atoms with Crippen molar-refractivity contribution in [3.8, 4) is 0 Å². The molecule has 1 heterocycles. The van der Waals surface area contributed by atoms with E-state index in [0.29, 0.717) is 17.7 Å². The molecule has 0 saturated carbocycles. The molecule has 4 heteroatoms. The minimum Gasteiger partial charge on any atom is -0.468 e. The number of ether oxygens (including phenoxy) is 1. The van der Waals surface area contributed by atoms with Gasteiger partial charge in [0.15, 0.2) is 5.78 Å². The summed E-state index contributed by atoms with van der Waals surface area (Å²) in [6, 6.07) is 20.8. The van der Waals surface area contributed by atoms with Gasteiger partial charge in [-0.3, -0.25) is 9.59 Å². The molecular formula is C28H27NO3. The van der Waals surface area contributed by atoms with Crippen molar-refractivity contribution in [1.29, 1.82) is 0 Å². The number of carbonyl (C=O) groups is 2. The van der Waals surface area contributed by atoms with Crippen LogP contribution in [0, 0.1) is 18.3 Å². The molecule has 1 aliphatic heterocycles. The second-order valence-corrected chi connectivity index (χ2v) is 9.59. The van der Waals surface area contributed by atoms with E-state index in [1.807, 2.05) is 26.0 Å². The third-order valence-corrected chi connectivity index (χ3v) is 6.94. The lowest BCUT2D eigenvalue weighted by molar-refractivity contribution is -0.148. The van der Waals surface area contributed by atoms with Crippen LogP contribution in [-0.4, -0.2) is 18.9 Å². The smallest absolute Gasteiger partial charge is 0.315 e. The number of benzene rings is 3. The van der Waals surface area contributed by atoms with Crippen LogP contribution in [0.15, 0.2) is 71.9 Å². The van der Waals surface area contributed by atoms with E-state index >= 15 is 0 Å². The quantitative estimate of drug-likeness (QED) is 0.531. The first-order chi connectivity index (χ1) is 15.3. The Morgan fingerprint density at radius 2 is 1.75 bits per heavy atom.